The van der Waals surface area contributed by atoms with Gasteiger partial charge in [-0.05, 0) is 37.5 Å². The molecule has 1 aromatic heterocycles. The predicted molar refractivity (Wildman–Crippen MR) is 76.1 cm³/mol. The Balaban J connectivity index is 2.08. The van der Waals surface area contributed by atoms with Gasteiger partial charge in [-0.2, -0.15) is 0 Å². The van der Waals surface area contributed by atoms with Gasteiger partial charge in [0.2, 0.25) is 0 Å². The molecule has 1 aromatic carbocycles. The maximum atomic E-state index is 10.5. The number of hydrogen-bond acceptors (Lipinski definition) is 1. The molecule has 0 atom stereocenters. The van der Waals surface area contributed by atoms with E-state index in [1.807, 2.05) is 18.2 Å². The number of nitrogens with zero attached hydrogens (tertiary/aromatic N) is 1. The molecule has 1 heterocycles. The first kappa shape index (κ1) is 13.4. The lowest BCUT2D eigenvalue weighted by Gasteiger charge is -2.11. The van der Waals surface area contributed by atoms with Gasteiger partial charge in [-0.25, -0.2) is 0 Å². The normalized spacial score (nSPS) is 10.6. The first-order valence-electron chi connectivity index (χ1n) is 6.62. The van der Waals surface area contributed by atoms with Crippen molar-refractivity contribution in [3.63, 3.8) is 0 Å². The van der Waals surface area contributed by atoms with Gasteiger partial charge in [0.15, 0.2) is 0 Å². The zero-order valence-corrected chi connectivity index (χ0v) is 11.2. The third kappa shape index (κ3) is 3.47. The molecule has 0 aliphatic heterocycles. The minimum atomic E-state index is -0.715. The van der Waals surface area contributed by atoms with Gasteiger partial charge in [-0.3, -0.25) is 4.79 Å². The van der Waals surface area contributed by atoms with Gasteiger partial charge >= 0.3 is 5.97 Å². The molecule has 100 valence electrons. The van der Waals surface area contributed by atoms with Crippen molar-refractivity contribution >= 4 is 5.97 Å². The Labute approximate surface area is 113 Å². The number of carboxylic acids is 1. The molecule has 0 radical (unpaired) electrons. The molecule has 0 unspecified atom stereocenters. The summed E-state index contributed by atoms with van der Waals surface area (Å²) in [6, 6.07) is 14.5. The standard InChI is InChI=1S/C16H19NO2/c1-13-10-11-15(14-7-3-2-4-8-14)17(13)12-6-5-9-16(18)19/h2-4,7-8,10-11H,5-6,9,12H2,1H3,(H,18,19). The van der Waals surface area contributed by atoms with Crippen LogP contribution >= 0.6 is 0 Å². The van der Waals surface area contributed by atoms with Gasteiger partial charge in [-0.15, -0.1) is 0 Å². The molecule has 2 rings (SSSR count). The average molecular weight is 257 g/mol. The number of aliphatic carboxylic acids is 1. The van der Waals surface area contributed by atoms with Crippen molar-refractivity contribution in [2.45, 2.75) is 32.7 Å². The highest BCUT2D eigenvalue weighted by Crippen LogP contribution is 2.22. The number of aryl methyl sites for hydroxylation is 1. The average Bonchev–Trinajstić information content (AvgIpc) is 2.77. The lowest BCUT2D eigenvalue weighted by molar-refractivity contribution is -0.137. The number of rotatable bonds is 6. The van der Waals surface area contributed by atoms with Crippen LogP contribution in [0.3, 0.4) is 0 Å². The highest BCUT2D eigenvalue weighted by atomic mass is 16.4. The monoisotopic (exact) mass is 257 g/mol. The molecule has 0 spiro atoms. The van der Waals surface area contributed by atoms with E-state index in [9.17, 15) is 4.79 Å². The van der Waals surface area contributed by atoms with E-state index in [1.165, 1.54) is 17.0 Å². The van der Waals surface area contributed by atoms with Crippen molar-refractivity contribution < 1.29 is 9.90 Å². The summed E-state index contributed by atoms with van der Waals surface area (Å²) in [6.45, 7) is 2.96. The first-order chi connectivity index (χ1) is 9.18. The Bertz CT molecular complexity index is 543. The molecule has 0 fully saturated rings. The van der Waals surface area contributed by atoms with Crippen LogP contribution in [0.1, 0.15) is 25.0 Å². The van der Waals surface area contributed by atoms with E-state index < -0.39 is 5.97 Å². The minimum Gasteiger partial charge on any atom is -0.481 e. The van der Waals surface area contributed by atoms with E-state index in [0.29, 0.717) is 0 Å². The van der Waals surface area contributed by atoms with Crippen molar-refractivity contribution in [3.05, 3.63) is 48.2 Å². The molecule has 19 heavy (non-hydrogen) atoms. The van der Waals surface area contributed by atoms with Crippen LogP contribution in [-0.4, -0.2) is 15.6 Å². The highest BCUT2D eigenvalue weighted by Gasteiger charge is 2.07. The Morgan fingerprint density at radius 3 is 2.53 bits per heavy atom. The molecule has 2 aromatic rings. The van der Waals surface area contributed by atoms with Gasteiger partial charge in [-0.1, -0.05) is 30.3 Å². The van der Waals surface area contributed by atoms with Crippen LogP contribution in [0.2, 0.25) is 0 Å². The number of benzene rings is 1. The summed E-state index contributed by atoms with van der Waals surface area (Å²) in [5, 5.41) is 8.65. The van der Waals surface area contributed by atoms with Crippen LogP contribution in [0.25, 0.3) is 11.3 Å². The van der Waals surface area contributed by atoms with E-state index in [2.05, 4.69) is 35.8 Å². The Morgan fingerprint density at radius 2 is 1.84 bits per heavy atom. The highest BCUT2D eigenvalue weighted by molar-refractivity contribution is 5.66. The topological polar surface area (TPSA) is 42.2 Å². The summed E-state index contributed by atoms with van der Waals surface area (Å²) < 4.78 is 2.26. The summed E-state index contributed by atoms with van der Waals surface area (Å²) in [4.78, 5) is 10.5. The molecule has 0 amide bonds. The van der Waals surface area contributed by atoms with Crippen LogP contribution in [0.4, 0.5) is 0 Å². The second-order valence-electron chi connectivity index (χ2n) is 4.73. The lowest BCUT2D eigenvalue weighted by atomic mass is 10.1. The third-order valence-electron chi connectivity index (χ3n) is 3.29. The number of aromatic nitrogens is 1. The fraction of sp³-hybridized carbons (Fsp3) is 0.312. The molecule has 0 aliphatic carbocycles. The number of unbranched alkanes of at least 4 members (excludes halogenated alkanes) is 1. The Kier molecular flexibility index (Phi) is 4.39. The number of carbonyl (C=O) groups is 1. The van der Waals surface area contributed by atoms with Crippen LogP contribution in [0.15, 0.2) is 42.5 Å². The molecule has 0 saturated carbocycles. The van der Waals surface area contributed by atoms with Crippen molar-refractivity contribution in [2.24, 2.45) is 0 Å². The molecule has 0 bridgehead atoms. The number of carboxylic acid groups (broad SMARTS) is 1. The molecule has 0 aliphatic rings. The minimum absolute atomic E-state index is 0.251. The first-order valence-corrected chi connectivity index (χ1v) is 6.62. The van der Waals surface area contributed by atoms with Gasteiger partial charge < -0.3 is 9.67 Å². The molecule has 3 nitrogen and oxygen atoms in total. The Hall–Kier alpha value is -2.03. The van der Waals surface area contributed by atoms with Crippen LogP contribution < -0.4 is 0 Å². The van der Waals surface area contributed by atoms with Crippen molar-refractivity contribution in [3.8, 4) is 11.3 Å². The molecule has 3 heteroatoms. The summed E-state index contributed by atoms with van der Waals surface area (Å²) in [6.07, 6.45) is 1.86. The summed E-state index contributed by atoms with van der Waals surface area (Å²) >= 11 is 0. The second kappa shape index (κ2) is 6.23. The van der Waals surface area contributed by atoms with E-state index in [-0.39, 0.29) is 6.42 Å². The fourth-order valence-electron chi connectivity index (χ4n) is 2.27. The van der Waals surface area contributed by atoms with E-state index in [0.717, 1.165) is 19.4 Å². The second-order valence-corrected chi connectivity index (χ2v) is 4.73. The maximum Gasteiger partial charge on any atom is 0.303 e. The fourth-order valence-corrected chi connectivity index (χ4v) is 2.27. The van der Waals surface area contributed by atoms with Gasteiger partial charge in [0.25, 0.3) is 0 Å². The van der Waals surface area contributed by atoms with Crippen LogP contribution in [0, 0.1) is 6.92 Å². The summed E-state index contributed by atoms with van der Waals surface area (Å²) in [7, 11) is 0. The lowest BCUT2D eigenvalue weighted by Crippen LogP contribution is -2.03. The van der Waals surface area contributed by atoms with Gasteiger partial charge in [0.05, 0.1) is 0 Å². The summed E-state index contributed by atoms with van der Waals surface area (Å²) in [5.41, 5.74) is 3.62. The zero-order valence-electron chi connectivity index (χ0n) is 11.2. The van der Waals surface area contributed by atoms with E-state index >= 15 is 0 Å². The molecular formula is C16H19NO2. The van der Waals surface area contributed by atoms with Gasteiger partial charge in [0.1, 0.15) is 0 Å². The third-order valence-corrected chi connectivity index (χ3v) is 3.29. The number of hydrogen-bond donors (Lipinski definition) is 1. The maximum absolute atomic E-state index is 10.5. The molecule has 1 N–H and O–H groups in total. The summed E-state index contributed by atoms with van der Waals surface area (Å²) in [5.74, 6) is -0.715. The SMILES string of the molecule is Cc1ccc(-c2ccccc2)n1CCCCC(=O)O. The largest absolute Gasteiger partial charge is 0.481 e. The van der Waals surface area contributed by atoms with E-state index in [1.54, 1.807) is 0 Å². The Morgan fingerprint density at radius 1 is 1.11 bits per heavy atom. The van der Waals surface area contributed by atoms with Crippen LogP contribution in [-0.2, 0) is 11.3 Å². The van der Waals surface area contributed by atoms with Crippen molar-refractivity contribution in [2.75, 3.05) is 0 Å². The zero-order chi connectivity index (χ0) is 13.7. The van der Waals surface area contributed by atoms with Gasteiger partial charge in [0, 0.05) is 24.4 Å². The van der Waals surface area contributed by atoms with E-state index in [4.69, 9.17) is 5.11 Å². The predicted octanol–water partition coefficient (Wildman–Crippen LogP) is 3.72. The quantitative estimate of drug-likeness (QED) is 0.801. The van der Waals surface area contributed by atoms with Crippen molar-refractivity contribution in [1.29, 1.82) is 0 Å². The molecule has 0 saturated heterocycles. The van der Waals surface area contributed by atoms with Crippen LogP contribution in [0.5, 0.6) is 0 Å². The smallest absolute Gasteiger partial charge is 0.303 e. The molecular weight excluding hydrogens is 238 g/mol. The van der Waals surface area contributed by atoms with Crippen molar-refractivity contribution in [1.82, 2.24) is 4.57 Å².